The highest BCUT2D eigenvalue weighted by atomic mass is 19.3. The van der Waals surface area contributed by atoms with Crippen molar-refractivity contribution in [2.24, 2.45) is 5.92 Å². The van der Waals surface area contributed by atoms with Gasteiger partial charge in [-0.2, -0.15) is 0 Å². The van der Waals surface area contributed by atoms with Crippen LogP contribution in [-0.4, -0.2) is 26.8 Å². The molecule has 2 N–H and O–H groups in total. The molecular weight excluding hydrogens is 323 g/mol. The number of hydrogen-bond acceptors (Lipinski definition) is 4. The largest absolute Gasteiger partial charge is 0.289 e. The van der Waals surface area contributed by atoms with Crippen molar-refractivity contribution in [2.75, 3.05) is 0 Å². The molecule has 0 saturated heterocycles. The highest BCUT2D eigenvalue weighted by molar-refractivity contribution is 5.90. The van der Waals surface area contributed by atoms with Crippen molar-refractivity contribution >= 4 is 5.91 Å². The molecule has 1 heterocycles. The van der Waals surface area contributed by atoms with Crippen molar-refractivity contribution in [3.05, 3.63) is 47.8 Å². The molecule has 3 atom stereocenters. The van der Waals surface area contributed by atoms with Gasteiger partial charge in [-0.25, -0.2) is 28.6 Å². The number of hydroxylamine groups is 1. The van der Waals surface area contributed by atoms with Gasteiger partial charge in [0.25, 0.3) is 12.3 Å². The molecular formula is C16H14F3N3O2. The smallest absolute Gasteiger partial charge is 0.281 e. The highest BCUT2D eigenvalue weighted by Crippen LogP contribution is 2.60. The number of benzene rings is 1. The first-order valence-corrected chi connectivity index (χ1v) is 7.23. The van der Waals surface area contributed by atoms with Crippen LogP contribution in [0, 0.1) is 5.92 Å². The lowest BCUT2D eigenvalue weighted by molar-refractivity contribution is -0.136. The molecule has 1 aliphatic carbocycles. The normalized spacial score (nSPS) is 25.6. The maximum atomic E-state index is 14.5. The first-order chi connectivity index (χ1) is 11.4. The van der Waals surface area contributed by atoms with Crippen LogP contribution in [0.5, 0.6) is 0 Å². The van der Waals surface area contributed by atoms with Crippen LogP contribution in [0.2, 0.25) is 0 Å². The lowest BCUT2D eigenvalue weighted by Crippen LogP contribution is -2.33. The molecule has 1 fully saturated rings. The van der Waals surface area contributed by atoms with Crippen molar-refractivity contribution in [1.82, 2.24) is 15.4 Å². The Hall–Kier alpha value is -2.48. The van der Waals surface area contributed by atoms with E-state index in [1.807, 2.05) is 0 Å². The summed E-state index contributed by atoms with van der Waals surface area (Å²) in [6, 6.07) is 6.53. The van der Waals surface area contributed by atoms with E-state index in [-0.39, 0.29) is 11.4 Å². The maximum Gasteiger partial charge on any atom is 0.281 e. The van der Waals surface area contributed by atoms with E-state index in [0.717, 1.165) is 12.4 Å². The number of aromatic nitrogens is 2. The molecule has 0 unspecified atom stereocenters. The minimum atomic E-state index is -2.63. The predicted octanol–water partition coefficient (Wildman–Crippen LogP) is 3.03. The summed E-state index contributed by atoms with van der Waals surface area (Å²) in [4.78, 5) is 19.2. The number of halogens is 3. The third-order valence-electron chi connectivity index (χ3n) is 4.41. The molecule has 1 saturated carbocycles. The molecule has 1 aromatic heterocycles. The van der Waals surface area contributed by atoms with Crippen molar-refractivity contribution in [3.8, 4) is 11.4 Å². The van der Waals surface area contributed by atoms with Gasteiger partial charge in [0.2, 0.25) is 5.67 Å². The number of amides is 1. The molecule has 0 bridgehead atoms. The molecule has 2 aromatic rings. The van der Waals surface area contributed by atoms with Crippen LogP contribution in [0.1, 0.15) is 30.4 Å². The van der Waals surface area contributed by atoms with E-state index < -0.39 is 29.8 Å². The van der Waals surface area contributed by atoms with Crippen LogP contribution in [0.3, 0.4) is 0 Å². The topological polar surface area (TPSA) is 75.1 Å². The summed E-state index contributed by atoms with van der Waals surface area (Å²) >= 11 is 0. The second-order valence-corrected chi connectivity index (χ2v) is 5.74. The Morgan fingerprint density at radius 3 is 2.33 bits per heavy atom. The standard InChI is InChI=1S/C16H14F3N3O2/c1-8-12(16(8,19)15(23)22-24)9-2-4-10(5-3-9)14-20-6-11(7-21-14)13(17)18/h2-8,12-13,24H,1H3,(H,22,23)/t8-,12+,16+/m1/s1. The Kier molecular flexibility index (Phi) is 4.00. The zero-order valence-electron chi connectivity index (χ0n) is 12.6. The van der Waals surface area contributed by atoms with E-state index in [0.29, 0.717) is 11.1 Å². The summed E-state index contributed by atoms with van der Waals surface area (Å²) in [6.07, 6.45) is -0.516. The van der Waals surface area contributed by atoms with Crippen LogP contribution in [-0.2, 0) is 4.79 Å². The Morgan fingerprint density at radius 2 is 1.83 bits per heavy atom. The van der Waals surface area contributed by atoms with Gasteiger partial charge in [-0.3, -0.25) is 10.0 Å². The summed E-state index contributed by atoms with van der Waals surface area (Å²) < 4.78 is 39.5. The molecule has 0 aliphatic heterocycles. The molecule has 8 heteroatoms. The van der Waals surface area contributed by atoms with Gasteiger partial charge in [-0.15, -0.1) is 0 Å². The van der Waals surface area contributed by atoms with E-state index in [4.69, 9.17) is 5.21 Å². The first-order valence-electron chi connectivity index (χ1n) is 7.23. The van der Waals surface area contributed by atoms with E-state index in [2.05, 4.69) is 9.97 Å². The summed E-state index contributed by atoms with van der Waals surface area (Å²) in [6.45, 7) is 1.58. The van der Waals surface area contributed by atoms with Gasteiger partial charge in [0, 0.05) is 29.8 Å². The van der Waals surface area contributed by atoms with E-state index in [1.54, 1.807) is 31.2 Å². The lowest BCUT2D eigenvalue weighted by Gasteiger charge is -2.06. The van der Waals surface area contributed by atoms with Crippen molar-refractivity contribution in [2.45, 2.75) is 24.9 Å². The number of nitrogens with zero attached hydrogens (tertiary/aromatic N) is 2. The Bertz CT molecular complexity index is 752. The van der Waals surface area contributed by atoms with E-state index >= 15 is 0 Å². The van der Waals surface area contributed by atoms with Crippen LogP contribution in [0.25, 0.3) is 11.4 Å². The molecule has 24 heavy (non-hydrogen) atoms. The third-order valence-corrected chi connectivity index (χ3v) is 4.41. The molecule has 5 nitrogen and oxygen atoms in total. The third kappa shape index (κ3) is 2.52. The van der Waals surface area contributed by atoms with Crippen molar-refractivity contribution in [1.29, 1.82) is 0 Å². The number of rotatable bonds is 4. The summed E-state index contributed by atoms with van der Waals surface area (Å²) in [5.74, 6) is -2.00. The number of alkyl halides is 3. The maximum absolute atomic E-state index is 14.5. The minimum Gasteiger partial charge on any atom is -0.289 e. The first kappa shape index (κ1) is 16.4. The Balaban J connectivity index is 1.80. The predicted molar refractivity (Wildman–Crippen MR) is 78.1 cm³/mol. The summed E-state index contributed by atoms with van der Waals surface area (Å²) in [7, 11) is 0. The highest BCUT2D eigenvalue weighted by Gasteiger charge is 2.69. The summed E-state index contributed by atoms with van der Waals surface area (Å²) in [5, 5.41) is 8.64. The molecule has 1 aromatic carbocycles. The SMILES string of the molecule is C[C@@H]1[C@@H](c2ccc(-c3ncc(C(F)F)cn3)cc2)[C@]1(F)C(=O)NO. The van der Waals surface area contributed by atoms with Crippen LogP contribution >= 0.6 is 0 Å². The van der Waals surface area contributed by atoms with Crippen LogP contribution in [0.15, 0.2) is 36.7 Å². The lowest BCUT2D eigenvalue weighted by atomic mass is 10.0. The second kappa shape index (κ2) is 5.86. The number of carbonyl (C=O) groups excluding carboxylic acids is 1. The minimum absolute atomic E-state index is 0.264. The van der Waals surface area contributed by atoms with Gasteiger partial charge in [0.05, 0.1) is 5.56 Å². The van der Waals surface area contributed by atoms with Gasteiger partial charge >= 0.3 is 0 Å². The number of nitrogens with one attached hydrogen (secondary N) is 1. The monoisotopic (exact) mass is 337 g/mol. The Morgan fingerprint density at radius 1 is 1.25 bits per heavy atom. The van der Waals surface area contributed by atoms with Gasteiger partial charge < -0.3 is 0 Å². The zero-order valence-corrected chi connectivity index (χ0v) is 12.6. The Labute approximate surface area is 135 Å². The average molecular weight is 337 g/mol. The van der Waals surface area contributed by atoms with Crippen LogP contribution in [0.4, 0.5) is 13.2 Å². The zero-order chi connectivity index (χ0) is 17.5. The fraction of sp³-hybridized carbons (Fsp3) is 0.312. The van der Waals surface area contributed by atoms with E-state index in [9.17, 15) is 18.0 Å². The molecule has 0 radical (unpaired) electrons. The van der Waals surface area contributed by atoms with Crippen molar-refractivity contribution < 1.29 is 23.2 Å². The second-order valence-electron chi connectivity index (χ2n) is 5.74. The van der Waals surface area contributed by atoms with Crippen molar-refractivity contribution in [3.63, 3.8) is 0 Å². The fourth-order valence-electron chi connectivity index (χ4n) is 2.92. The molecule has 1 aliphatic rings. The van der Waals surface area contributed by atoms with Gasteiger partial charge in [-0.05, 0) is 5.56 Å². The van der Waals surface area contributed by atoms with Gasteiger partial charge in [0.15, 0.2) is 5.82 Å². The number of hydrogen-bond donors (Lipinski definition) is 2. The molecule has 126 valence electrons. The van der Waals surface area contributed by atoms with Gasteiger partial charge in [-0.1, -0.05) is 31.2 Å². The quantitative estimate of drug-likeness (QED) is 0.664. The van der Waals surface area contributed by atoms with E-state index in [1.165, 1.54) is 5.48 Å². The fourth-order valence-corrected chi connectivity index (χ4v) is 2.92. The van der Waals surface area contributed by atoms with Crippen LogP contribution < -0.4 is 5.48 Å². The van der Waals surface area contributed by atoms with Gasteiger partial charge in [0.1, 0.15) is 0 Å². The molecule has 0 spiro atoms. The summed E-state index contributed by atoms with van der Waals surface area (Å²) in [5.41, 5.74) is 0.142. The number of carbonyl (C=O) groups is 1. The average Bonchev–Trinajstić information content (AvgIpc) is 3.16. The molecule has 3 rings (SSSR count). The molecule has 1 amide bonds.